The Morgan fingerprint density at radius 2 is 2.24 bits per heavy atom. The van der Waals surface area contributed by atoms with Crippen LogP contribution in [-0.2, 0) is 4.79 Å². The highest BCUT2D eigenvalue weighted by molar-refractivity contribution is 7.98. The number of piperidine rings is 1. The van der Waals surface area contributed by atoms with Crippen LogP contribution < -0.4 is 5.32 Å². The third kappa shape index (κ3) is 4.76. The highest BCUT2D eigenvalue weighted by Gasteiger charge is 2.24. The second-order valence-electron chi connectivity index (χ2n) is 5.25. The van der Waals surface area contributed by atoms with Crippen molar-refractivity contribution in [2.45, 2.75) is 24.2 Å². The quantitative estimate of drug-likeness (QED) is 0.850. The molecule has 4 nitrogen and oxygen atoms in total. The Kier molecular flexibility index (Phi) is 6.09. The first-order valence-electron chi connectivity index (χ1n) is 7.27. The number of nitrogens with zero attached hydrogens (tertiary/aromatic N) is 2. The Morgan fingerprint density at radius 1 is 1.48 bits per heavy atom. The van der Waals surface area contributed by atoms with Crippen molar-refractivity contribution in [2.24, 2.45) is 5.92 Å². The van der Waals surface area contributed by atoms with Crippen LogP contribution in [0.4, 0.5) is 5.69 Å². The maximum Gasteiger partial charge on any atom is 0.227 e. The molecule has 21 heavy (non-hydrogen) atoms. The first-order valence-corrected chi connectivity index (χ1v) is 8.49. The molecule has 112 valence electrons. The molecule has 0 aromatic heterocycles. The lowest BCUT2D eigenvalue weighted by Gasteiger charge is -2.30. The summed E-state index contributed by atoms with van der Waals surface area (Å²) < 4.78 is 0. The van der Waals surface area contributed by atoms with Gasteiger partial charge in [0.2, 0.25) is 5.91 Å². The van der Waals surface area contributed by atoms with E-state index >= 15 is 0 Å². The maximum atomic E-state index is 12.3. The van der Waals surface area contributed by atoms with E-state index in [2.05, 4.69) is 16.3 Å². The summed E-state index contributed by atoms with van der Waals surface area (Å²) in [5, 5.41) is 11.6. The molecule has 5 heteroatoms. The molecule has 0 bridgehead atoms. The molecule has 1 amide bonds. The van der Waals surface area contributed by atoms with Crippen LogP contribution in [0.1, 0.15) is 19.3 Å². The molecule has 0 aliphatic carbocycles. The van der Waals surface area contributed by atoms with Crippen molar-refractivity contribution in [1.29, 1.82) is 5.26 Å². The van der Waals surface area contributed by atoms with E-state index in [4.69, 9.17) is 5.26 Å². The number of thioether (sulfide) groups is 1. The molecule has 1 aromatic rings. The lowest BCUT2D eigenvalue weighted by atomic mass is 9.95. The van der Waals surface area contributed by atoms with Crippen molar-refractivity contribution in [3.8, 4) is 6.07 Å². The fourth-order valence-electron chi connectivity index (χ4n) is 2.57. The second-order valence-corrected chi connectivity index (χ2v) is 6.12. The van der Waals surface area contributed by atoms with Crippen molar-refractivity contribution >= 4 is 23.4 Å². The van der Waals surface area contributed by atoms with Gasteiger partial charge in [-0.2, -0.15) is 5.26 Å². The van der Waals surface area contributed by atoms with Gasteiger partial charge in [0.05, 0.1) is 6.07 Å². The Bertz CT molecular complexity index is 518. The Hall–Kier alpha value is -1.51. The summed E-state index contributed by atoms with van der Waals surface area (Å²) in [5.41, 5.74) is 0.874. The molecule has 0 spiro atoms. The Labute approximate surface area is 130 Å². The van der Waals surface area contributed by atoms with E-state index < -0.39 is 0 Å². The zero-order chi connectivity index (χ0) is 15.1. The topological polar surface area (TPSA) is 56.1 Å². The molecule has 1 aliphatic heterocycles. The summed E-state index contributed by atoms with van der Waals surface area (Å²) in [7, 11) is 0. The SMILES string of the molecule is CSc1cccc(NC(=O)C2CCN(CCC#N)CC2)c1. The number of carbonyl (C=O) groups is 1. The van der Waals surface area contributed by atoms with Crippen LogP contribution in [0.3, 0.4) is 0 Å². The van der Waals surface area contributed by atoms with Gasteiger partial charge >= 0.3 is 0 Å². The predicted octanol–water partition coefficient (Wildman–Crippen LogP) is 2.97. The van der Waals surface area contributed by atoms with E-state index in [-0.39, 0.29) is 11.8 Å². The molecule has 1 N–H and O–H groups in total. The lowest BCUT2D eigenvalue weighted by Crippen LogP contribution is -2.38. The van der Waals surface area contributed by atoms with E-state index in [1.165, 1.54) is 0 Å². The number of hydrogen-bond donors (Lipinski definition) is 1. The molecule has 1 saturated heterocycles. The van der Waals surface area contributed by atoms with Gasteiger partial charge in [-0.15, -0.1) is 11.8 Å². The summed E-state index contributed by atoms with van der Waals surface area (Å²) in [4.78, 5) is 15.7. The number of nitrogens with one attached hydrogen (secondary N) is 1. The number of rotatable bonds is 5. The molecule has 0 radical (unpaired) electrons. The van der Waals surface area contributed by atoms with Crippen molar-refractivity contribution < 1.29 is 4.79 Å². The molecule has 0 unspecified atom stereocenters. The molecule has 1 aromatic carbocycles. The van der Waals surface area contributed by atoms with Crippen LogP contribution in [-0.4, -0.2) is 36.7 Å². The zero-order valence-electron chi connectivity index (χ0n) is 12.3. The van der Waals surface area contributed by atoms with Gasteiger partial charge in [-0.25, -0.2) is 0 Å². The van der Waals surface area contributed by atoms with E-state index in [9.17, 15) is 4.79 Å². The number of amides is 1. The highest BCUT2D eigenvalue weighted by Crippen LogP contribution is 2.22. The van der Waals surface area contributed by atoms with E-state index in [1.807, 2.05) is 30.5 Å². The van der Waals surface area contributed by atoms with E-state index in [0.29, 0.717) is 6.42 Å². The van der Waals surface area contributed by atoms with Crippen molar-refractivity contribution in [2.75, 3.05) is 31.2 Å². The van der Waals surface area contributed by atoms with Gasteiger partial charge in [0.1, 0.15) is 0 Å². The average molecular weight is 303 g/mol. The first-order chi connectivity index (χ1) is 10.2. The van der Waals surface area contributed by atoms with Crippen LogP contribution in [0.15, 0.2) is 29.2 Å². The minimum atomic E-state index is 0.0845. The van der Waals surface area contributed by atoms with Crippen molar-refractivity contribution in [1.82, 2.24) is 4.90 Å². The number of hydrogen-bond acceptors (Lipinski definition) is 4. The van der Waals surface area contributed by atoms with Crippen LogP contribution in [0.25, 0.3) is 0 Å². The predicted molar refractivity (Wildman–Crippen MR) is 86.2 cm³/mol. The summed E-state index contributed by atoms with van der Waals surface area (Å²) in [5.74, 6) is 0.203. The summed E-state index contributed by atoms with van der Waals surface area (Å²) in [6.45, 7) is 2.63. The number of likely N-dealkylation sites (tertiary alicyclic amines) is 1. The molecule has 1 aliphatic rings. The average Bonchev–Trinajstić information content (AvgIpc) is 2.53. The number of anilines is 1. The van der Waals surface area contributed by atoms with Gasteiger partial charge in [-0.05, 0) is 50.4 Å². The van der Waals surface area contributed by atoms with Gasteiger partial charge in [-0.3, -0.25) is 4.79 Å². The zero-order valence-corrected chi connectivity index (χ0v) is 13.2. The normalized spacial score (nSPS) is 16.4. The standard InChI is InChI=1S/C16H21N3OS/c1-21-15-5-2-4-14(12-15)18-16(20)13-6-10-19(11-7-13)9-3-8-17/h2,4-5,12-13H,3,6-7,9-11H2,1H3,(H,18,20). The third-order valence-corrected chi connectivity index (χ3v) is 4.56. The van der Waals surface area contributed by atoms with Gasteiger partial charge in [0, 0.05) is 29.5 Å². The fourth-order valence-corrected chi connectivity index (χ4v) is 3.03. The summed E-state index contributed by atoms with van der Waals surface area (Å²) in [6, 6.07) is 10.1. The molecular weight excluding hydrogens is 282 g/mol. The minimum Gasteiger partial charge on any atom is -0.326 e. The molecule has 2 rings (SSSR count). The summed E-state index contributed by atoms with van der Waals surface area (Å²) in [6.07, 6.45) is 4.34. The highest BCUT2D eigenvalue weighted by atomic mass is 32.2. The largest absolute Gasteiger partial charge is 0.326 e. The van der Waals surface area contributed by atoms with Gasteiger partial charge in [-0.1, -0.05) is 6.07 Å². The fraction of sp³-hybridized carbons (Fsp3) is 0.500. The van der Waals surface area contributed by atoms with Gasteiger partial charge < -0.3 is 10.2 Å². The Morgan fingerprint density at radius 3 is 2.90 bits per heavy atom. The molecule has 1 fully saturated rings. The van der Waals surface area contributed by atoms with E-state index in [0.717, 1.165) is 43.1 Å². The number of carbonyl (C=O) groups excluding carboxylic acids is 1. The van der Waals surface area contributed by atoms with Crippen molar-refractivity contribution in [3.63, 3.8) is 0 Å². The van der Waals surface area contributed by atoms with E-state index in [1.54, 1.807) is 11.8 Å². The molecule has 0 saturated carbocycles. The molecule has 0 atom stereocenters. The van der Waals surface area contributed by atoms with Crippen LogP contribution in [0.2, 0.25) is 0 Å². The summed E-state index contributed by atoms with van der Waals surface area (Å²) >= 11 is 1.67. The van der Waals surface area contributed by atoms with Gasteiger partial charge in [0.15, 0.2) is 0 Å². The second kappa shape index (κ2) is 8.06. The lowest BCUT2D eigenvalue weighted by molar-refractivity contribution is -0.121. The van der Waals surface area contributed by atoms with Crippen LogP contribution in [0.5, 0.6) is 0 Å². The van der Waals surface area contributed by atoms with Crippen LogP contribution >= 0.6 is 11.8 Å². The minimum absolute atomic E-state index is 0.0845. The molecule has 1 heterocycles. The monoisotopic (exact) mass is 303 g/mol. The third-order valence-electron chi connectivity index (χ3n) is 3.84. The smallest absolute Gasteiger partial charge is 0.227 e. The molecular formula is C16H21N3OS. The van der Waals surface area contributed by atoms with Gasteiger partial charge in [0.25, 0.3) is 0 Å². The number of benzene rings is 1. The maximum absolute atomic E-state index is 12.3. The van der Waals surface area contributed by atoms with Crippen molar-refractivity contribution in [3.05, 3.63) is 24.3 Å². The Balaban J connectivity index is 1.83. The van der Waals surface area contributed by atoms with Crippen LogP contribution in [0, 0.1) is 17.2 Å². The first kappa shape index (κ1) is 15.9. The number of nitriles is 1.